The minimum Gasteiger partial charge on any atom is -0.369 e. The van der Waals surface area contributed by atoms with E-state index in [9.17, 15) is 0 Å². The molecule has 0 spiro atoms. The van der Waals surface area contributed by atoms with Crippen molar-refractivity contribution in [3.05, 3.63) is 41.7 Å². The quantitative estimate of drug-likeness (QED) is 0.764. The normalized spacial score (nSPS) is 9.85. The summed E-state index contributed by atoms with van der Waals surface area (Å²) in [6.07, 6.45) is 0. The van der Waals surface area contributed by atoms with E-state index in [2.05, 4.69) is 26.7 Å². The third-order valence-corrected chi connectivity index (χ3v) is 2.57. The Kier molecular flexibility index (Phi) is 4.47. The van der Waals surface area contributed by atoms with Crippen LogP contribution < -0.4 is 16.4 Å². The molecule has 0 fully saturated rings. The zero-order valence-electron chi connectivity index (χ0n) is 11.2. The van der Waals surface area contributed by atoms with E-state index in [1.165, 1.54) is 0 Å². The zero-order valence-corrected chi connectivity index (χ0v) is 11.2. The van der Waals surface area contributed by atoms with E-state index in [1.54, 1.807) is 12.1 Å². The molecule has 0 bridgehead atoms. The first-order valence-electron chi connectivity index (χ1n) is 6.28. The van der Waals surface area contributed by atoms with Crippen LogP contribution in [0.1, 0.15) is 11.4 Å². The third kappa shape index (κ3) is 3.67. The molecule has 2 aromatic rings. The first-order valence-corrected chi connectivity index (χ1v) is 6.28. The highest BCUT2D eigenvalue weighted by atomic mass is 15.1. The molecule has 0 saturated heterocycles. The standard InChI is InChI=1S/C14H16N6/c1-10-18-13(17-7-6-15)8-14(19-10)20-12-4-2-11(9-16)3-5-12/h2-5,8H,6-7,15H2,1H3,(H2,17,18,19,20). The number of aromatic nitrogens is 2. The summed E-state index contributed by atoms with van der Waals surface area (Å²) < 4.78 is 0. The van der Waals surface area contributed by atoms with Gasteiger partial charge in [-0.3, -0.25) is 0 Å². The van der Waals surface area contributed by atoms with E-state index in [-0.39, 0.29) is 0 Å². The van der Waals surface area contributed by atoms with Crippen molar-refractivity contribution in [3.63, 3.8) is 0 Å². The van der Waals surface area contributed by atoms with Crippen LogP contribution in [0.15, 0.2) is 30.3 Å². The van der Waals surface area contributed by atoms with Gasteiger partial charge in [-0.2, -0.15) is 5.26 Å². The Bertz CT molecular complexity index is 615. The average molecular weight is 268 g/mol. The summed E-state index contributed by atoms with van der Waals surface area (Å²) in [6, 6.07) is 11.1. The molecular formula is C14H16N6. The number of rotatable bonds is 5. The van der Waals surface area contributed by atoms with E-state index >= 15 is 0 Å². The maximum atomic E-state index is 8.76. The van der Waals surface area contributed by atoms with Gasteiger partial charge in [-0.1, -0.05) is 0 Å². The van der Waals surface area contributed by atoms with E-state index in [1.807, 2.05) is 25.1 Å². The fourth-order valence-corrected chi connectivity index (χ4v) is 1.70. The number of nitriles is 1. The van der Waals surface area contributed by atoms with Gasteiger partial charge in [-0.05, 0) is 31.2 Å². The molecule has 0 amide bonds. The third-order valence-electron chi connectivity index (χ3n) is 2.57. The van der Waals surface area contributed by atoms with Gasteiger partial charge in [0.25, 0.3) is 0 Å². The van der Waals surface area contributed by atoms with Crippen LogP contribution in [0.3, 0.4) is 0 Å². The summed E-state index contributed by atoms with van der Waals surface area (Å²) in [5.74, 6) is 2.10. The summed E-state index contributed by atoms with van der Waals surface area (Å²) in [4.78, 5) is 8.60. The first kappa shape index (κ1) is 13.8. The van der Waals surface area contributed by atoms with Gasteiger partial charge in [0.15, 0.2) is 0 Å². The van der Waals surface area contributed by atoms with Crippen molar-refractivity contribution in [3.8, 4) is 6.07 Å². The smallest absolute Gasteiger partial charge is 0.136 e. The van der Waals surface area contributed by atoms with Gasteiger partial charge in [0.05, 0.1) is 11.6 Å². The van der Waals surface area contributed by atoms with Crippen molar-refractivity contribution in [2.45, 2.75) is 6.92 Å². The molecule has 1 aromatic heterocycles. The Morgan fingerprint density at radius 2 is 1.90 bits per heavy atom. The van der Waals surface area contributed by atoms with Gasteiger partial charge in [-0.25, -0.2) is 9.97 Å². The fraction of sp³-hybridized carbons (Fsp3) is 0.214. The molecule has 6 heteroatoms. The highest BCUT2D eigenvalue weighted by molar-refractivity contribution is 5.60. The van der Waals surface area contributed by atoms with Crippen LogP contribution in [-0.2, 0) is 0 Å². The fourth-order valence-electron chi connectivity index (χ4n) is 1.70. The SMILES string of the molecule is Cc1nc(NCCN)cc(Nc2ccc(C#N)cc2)n1. The van der Waals surface area contributed by atoms with Gasteiger partial charge in [0, 0.05) is 24.8 Å². The summed E-state index contributed by atoms with van der Waals surface area (Å²) >= 11 is 0. The lowest BCUT2D eigenvalue weighted by molar-refractivity contribution is 0.987. The Hall–Kier alpha value is -2.65. The van der Waals surface area contributed by atoms with Crippen LogP contribution in [0.25, 0.3) is 0 Å². The van der Waals surface area contributed by atoms with Gasteiger partial charge in [-0.15, -0.1) is 0 Å². The van der Waals surface area contributed by atoms with Crippen molar-refractivity contribution in [2.75, 3.05) is 23.7 Å². The number of hydrogen-bond donors (Lipinski definition) is 3. The van der Waals surface area contributed by atoms with Crippen LogP contribution in [-0.4, -0.2) is 23.1 Å². The number of benzene rings is 1. The predicted octanol–water partition coefficient (Wildman–Crippen LogP) is 1.77. The summed E-state index contributed by atoms with van der Waals surface area (Å²) in [6.45, 7) is 3.03. The molecule has 2 rings (SSSR count). The Balaban J connectivity index is 2.15. The number of nitrogens with two attached hydrogens (primary N) is 1. The van der Waals surface area contributed by atoms with Crippen molar-refractivity contribution in [2.24, 2.45) is 5.73 Å². The molecule has 1 aromatic carbocycles. The Morgan fingerprint density at radius 1 is 1.20 bits per heavy atom. The minimum atomic E-state index is 0.543. The second-order valence-corrected chi connectivity index (χ2v) is 4.22. The van der Waals surface area contributed by atoms with Crippen LogP contribution >= 0.6 is 0 Å². The van der Waals surface area contributed by atoms with Crippen LogP contribution in [0.2, 0.25) is 0 Å². The first-order chi connectivity index (χ1) is 9.71. The lowest BCUT2D eigenvalue weighted by Gasteiger charge is -2.09. The predicted molar refractivity (Wildman–Crippen MR) is 78.8 cm³/mol. The molecule has 6 nitrogen and oxygen atoms in total. The van der Waals surface area contributed by atoms with E-state index in [0.29, 0.717) is 30.3 Å². The molecular weight excluding hydrogens is 252 g/mol. The second-order valence-electron chi connectivity index (χ2n) is 4.22. The van der Waals surface area contributed by atoms with Crippen molar-refractivity contribution in [1.29, 1.82) is 5.26 Å². The molecule has 0 aliphatic carbocycles. The molecule has 102 valence electrons. The lowest BCUT2D eigenvalue weighted by atomic mass is 10.2. The number of nitrogens with zero attached hydrogens (tertiary/aromatic N) is 3. The summed E-state index contributed by atoms with van der Waals surface area (Å²) in [7, 11) is 0. The van der Waals surface area contributed by atoms with Crippen molar-refractivity contribution < 1.29 is 0 Å². The Labute approximate surface area is 117 Å². The number of hydrogen-bond acceptors (Lipinski definition) is 6. The largest absolute Gasteiger partial charge is 0.369 e. The number of nitrogens with one attached hydrogen (secondary N) is 2. The molecule has 0 unspecified atom stereocenters. The van der Waals surface area contributed by atoms with Gasteiger partial charge >= 0.3 is 0 Å². The van der Waals surface area contributed by atoms with Crippen LogP contribution in [0, 0.1) is 18.3 Å². The van der Waals surface area contributed by atoms with E-state index in [0.717, 1.165) is 11.5 Å². The minimum absolute atomic E-state index is 0.543. The maximum Gasteiger partial charge on any atom is 0.136 e. The van der Waals surface area contributed by atoms with Gasteiger partial charge < -0.3 is 16.4 Å². The van der Waals surface area contributed by atoms with E-state index in [4.69, 9.17) is 11.0 Å². The lowest BCUT2D eigenvalue weighted by Crippen LogP contribution is -2.14. The van der Waals surface area contributed by atoms with Gasteiger partial charge in [0.1, 0.15) is 17.5 Å². The molecule has 0 atom stereocenters. The summed E-state index contributed by atoms with van der Waals surface area (Å²) in [5.41, 5.74) is 6.95. The molecule has 0 radical (unpaired) electrons. The van der Waals surface area contributed by atoms with E-state index < -0.39 is 0 Å². The molecule has 0 aliphatic rings. The highest BCUT2D eigenvalue weighted by Crippen LogP contribution is 2.17. The topological polar surface area (TPSA) is 99.6 Å². The maximum absolute atomic E-state index is 8.76. The molecule has 0 saturated carbocycles. The molecule has 4 N–H and O–H groups in total. The molecule has 20 heavy (non-hydrogen) atoms. The van der Waals surface area contributed by atoms with Crippen LogP contribution in [0.5, 0.6) is 0 Å². The highest BCUT2D eigenvalue weighted by Gasteiger charge is 2.02. The number of anilines is 3. The van der Waals surface area contributed by atoms with Crippen LogP contribution in [0.4, 0.5) is 17.3 Å². The molecule has 0 aliphatic heterocycles. The molecule has 1 heterocycles. The monoisotopic (exact) mass is 268 g/mol. The van der Waals surface area contributed by atoms with Crippen molar-refractivity contribution >= 4 is 17.3 Å². The van der Waals surface area contributed by atoms with Crippen molar-refractivity contribution in [1.82, 2.24) is 9.97 Å². The number of aryl methyl sites for hydroxylation is 1. The zero-order chi connectivity index (χ0) is 14.4. The summed E-state index contributed by atoms with van der Waals surface area (Å²) in [5, 5.41) is 15.1. The second kappa shape index (κ2) is 6.50. The average Bonchev–Trinajstić information content (AvgIpc) is 2.45. The van der Waals surface area contributed by atoms with Gasteiger partial charge in [0.2, 0.25) is 0 Å². The Morgan fingerprint density at radius 3 is 2.55 bits per heavy atom.